The summed E-state index contributed by atoms with van der Waals surface area (Å²) in [7, 11) is 1.64. The number of rotatable bonds is 7. The number of aryl methyl sites for hydroxylation is 1. The quantitative estimate of drug-likeness (QED) is 0.301. The summed E-state index contributed by atoms with van der Waals surface area (Å²) in [6.07, 6.45) is 0. The van der Waals surface area contributed by atoms with Gasteiger partial charge < -0.3 is 14.8 Å². The van der Waals surface area contributed by atoms with Crippen molar-refractivity contribution < 1.29 is 14.3 Å². The molecular formula is C27H24N4O3S. The highest BCUT2D eigenvalue weighted by atomic mass is 32.1. The Kier molecular flexibility index (Phi) is 6.20. The van der Waals surface area contributed by atoms with Crippen LogP contribution in [0.2, 0.25) is 0 Å². The highest BCUT2D eigenvalue weighted by Gasteiger charge is 2.20. The topological polar surface area (TPSA) is 78.3 Å². The lowest BCUT2D eigenvalue weighted by atomic mass is 10.0. The van der Waals surface area contributed by atoms with Gasteiger partial charge >= 0.3 is 0 Å². The third-order valence-electron chi connectivity index (χ3n) is 5.55. The zero-order valence-corrected chi connectivity index (χ0v) is 20.4. The van der Waals surface area contributed by atoms with Crippen LogP contribution in [0.25, 0.3) is 27.2 Å². The van der Waals surface area contributed by atoms with Crippen LogP contribution in [0.15, 0.2) is 72.1 Å². The number of anilines is 1. The van der Waals surface area contributed by atoms with Crippen molar-refractivity contribution in [1.82, 2.24) is 14.8 Å². The molecule has 0 radical (unpaired) electrons. The van der Waals surface area contributed by atoms with Crippen molar-refractivity contribution in [1.29, 1.82) is 0 Å². The first-order valence-electron chi connectivity index (χ1n) is 11.2. The Morgan fingerprint density at radius 1 is 1.09 bits per heavy atom. The van der Waals surface area contributed by atoms with E-state index >= 15 is 0 Å². The van der Waals surface area contributed by atoms with Gasteiger partial charge in [-0.2, -0.15) is 9.78 Å². The monoisotopic (exact) mass is 484 g/mol. The van der Waals surface area contributed by atoms with Crippen molar-refractivity contribution >= 4 is 33.8 Å². The number of nitrogens with zero attached hydrogens (tertiary/aromatic N) is 3. The fourth-order valence-corrected chi connectivity index (χ4v) is 4.73. The lowest BCUT2D eigenvalue weighted by Gasteiger charge is -2.14. The van der Waals surface area contributed by atoms with Gasteiger partial charge in [-0.25, -0.2) is 4.98 Å². The fraction of sp³-hybridized carbons (Fsp3) is 0.148. The first-order chi connectivity index (χ1) is 17.1. The average molecular weight is 485 g/mol. The van der Waals surface area contributed by atoms with Crippen LogP contribution >= 0.6 is 11.3 Å². The summed E-state index contributed by atoms with van der Waals surface area (Å²) in [6, 6.07) is 21.1. The van der Waals surface area contributed by atoms with E-state index in [9.17, 15) is 4.79 Å². The molecule has 0 fully saturated rings. The maximum atomic E-state index is 13.5. The normalized spacial score (nSPS) is 10.9. The molecule has 0 unspecified atom stereocenters. The maximum Gasteiger partial charge on any atom is 0.261 e. The molecule has 2 heterocycles. The smallest absolute Gasteiger partial charge is 0.261 e. The van der Waals surface area contributed by atoms with Crippen molar-refractivity contribution in [3.05, 3.63) is 83.4 Å². The van der Waals surface area contributed by atoms with Gasteiger partial charge in [-0.15, -0.1) is 11.3 Å². The second-order valence-electron chi connectivity index (χ2n) is 7.87. The van der Waals surface area contributed by atoms with Gasteiger partial charge in [0.05, 0.1) is 30.7 Å². The molecule has 2 aromatic heterocycles. The highest BCUT2D eigenvalue weighted by molar-refractivity contribution is 7.12. The molecular weight excluding hydrogens is 460 g/mol. The van der Waals surface area contributed by atoms with Crippen LogP contribution in [0.3, 0.4) is 0 Å². The molecule has 0 aliphatic heterocycles. The van der Waals surface area contributed by atoms with Crippen LogP contribution in [0.4, 0.5) is 5.82 Å². The van der Waals surface area contributed by atoms with Crippen molar-refractivity contribution in [3.63, 3.8) is 0 Å². The standard InChI is InChI=1S/C27H24N4O3S/c1-4-34-23-14-11-18-7-5-6-8-21(18)25(23)26(32)29-24-15-17(2)30-31(24)27-28-22(16-35-27)19-9-12-20(33-3)13-10-19/h5-16H,4H2,1-3H3,(H,29,32). The third kappa shape index (κ3) is 4.48. The molecule has 0 atom stereocenters. The van der Waals surface area contributed by atoms with Gasteiger partial charge in [0.25, 0.3) is 5.91 Å². The molecule has 0 saturated heterocycles. The molecule has 35 heavy (non-hydrogen) atoms. The minimum absolute atomic E-state index is 0.265. The summed E-state index contributed by atoms with van der Waals surface area (Å²) in [5, 5.41) is 12.0. The second-order valence-corrected chi connectivity index (χ2v) is 8.71. The lowest BCUT2D eigenvalue weighted by Crippen LogP contribution is -2.17. The SMILES string of the molecule is CCOc1ccc2ccccc2c1C(=O)Nc1cc(C)nn1-c1nc(-c2ccc(OC)cc2)cs1. The summed E-state index contributed by atoms with van der Waals surface area (Å²) in [6.45, 7) is 4.24. The molecule has 0 spiro atoms. The molecule has 0 bridgehead atoms. The summed E-state index contributed by atoms with van der Waals surface area (Å²) in [4.78, 5) is 18.3. The number of amides is 1. The Labute approximate surface area is 207 Å². The second kappa shape index (κ2) is 9.60. The van der Waals surface area contributed by atoms with Crippen molar-refractivity contribution in [2.24, 2.45) is 0 Å². The molecule has 3 aromatic carbocycles. The fourth-order valence-electron chi connectivity index (χ4n) is 3.93. The summed E-state index contributed by atoms with van der Waals surface area (Å²) < 4.78 is 12.7. The van der Waals surface area contributed by atoms with E-state index in [-0.39, 0.29) is 5.91 Å². The molecule has 1 amide bonds. The van der Waals surface area contributed by atoms with Crippen molar-refractivity contribution in [2.45, 2.75) is 13.8 Å². The van der Waals surface area contributed by atoms with Crippen LogP contribution in [-0.4, -0.2) is 34.4 Å². The molecule has 0 aliphatic rings. The average Bonchev–Trinajstić information content (AvgIpc) is 3.50. The Bertz CT molecular complexity index is 1500. The van der Waals surface area contributed by atoms with Crippen LogP contribution in [0.5, 0.6) is 11.5 Å². The van der Waals surface area contributed by atoms with Gasteiger partial charge in [0, 0.05) is 17.0 Å². The zero-order valence-electron chi connectivity index (χ0n) is 19.6. The predicted molar refractivity (Wildman–Crippen MR) is 139 cm³/mol. The van der Waals surface area contributed by atoms with Crippen LogP contribution in [-0.2, 0) is 0 Å². The van der Waals surface area contributed by atoms with E-state index in [1.54, 1.807) is 11.8 Å². The first kappa shape index (κ1) is 22.6. The van der Waals surface area contributed by atoms with Gasteiger partial charge in [-0.1, -0.05) is 30.3 Å². The van der Waals surface area contributed by atoms with Crippen LogP contribution < -0.4 is 14.8 Å². The summed E-state index contributed by atoms with van der Waals surface area (Å²) >= 11 is 1.45. The van der Waals surface area contributed by atoms with Gasteiger partial charge in [0.2, 0.25) is 5.13 Å². The van der Waals surface area contributed by atoms with Crippen molar-refractivity contribution in [2.75, 3.05) is 19.0 Å². The number of hydrogen-bond donors (Lipinski definition) is 1. The Balaban J connectivity index is 1.49. The van der Waals surface area contributed by atoms with Crippen molar-refractivity contribution in [3.8, 4) is 27.9 Å². The van der Waals surface area contributed by atoms with Crippen LogP contribution in [0.1, 0.15) is 23.0 Å². The van der Waals surface area contributed by atoms with E-state index < -0.39 is 0 Å². The Morgan fingerprint density at radius 3 is 2.66 bits per heavy atom. The molecule has 176 valence electrons. The first-order valence-corrected chi connectivity index (χ1v) is 12.1. The van der Waals surface area contributed by atoms with E-state index in [2.05, 4.69) is 10.4 Å². The van der Waals surface area contributed by atoms with Gasteiger partial charge in [-0.05, 0) is 55.0 Å². The number of carbonyl (C=O) groups is 1. The number of nitrogens with one attached hydrogen (secondary N) is 1. The van der Waals surface area contributed by atoms with E-state index in [0.717, 1.165) is 33.5 Å². The lowest BCUT2D eigenvalue weighted by molar-refractivity contribution is 0.102. The van der Waals surface area contributed by atoms with Gasteiger partial charge in [-0.3, -0.25) is 4.79 Å². The Morgan fingerprint density at radius 2 is 1.89 bits per heavy atom. The van der Waals surface area contributed by atoms with Gasteiger partial charge in [0.15, 0.2) is 0 Å². The third-order valence-corrected chi connectivity index (χ3v) is 6.37. The molecule has 5 rings (SSSR count). The number of carbonyl (C=O) groups excluding carboxylic acids is 1. The molecule has 8 heteroatoms. The minimum Gasteiger partial charge on any atom is -0.497 e. The van der Waals surface area contributed by atoms with Crippen LogP contribution in [0, 0.1) is 6.92 Å². The number of hydrogen-bond acceptors (Lipinski definition) is 6. The number of methoxy groups -OCH3 is 1. The van der Waals surface area contributed by atoms with E-state index in [4.69, 9.17) is 14.5 Å². The van der Waals surface area contributed by atoms with Gasteiger partial charge in [0.1, 0.15) is 17.3 Å². The van der Waals surface area contributed by atoms with E-state index in [0.29, 0.717) is 28.9 Å². The predicted octanol–water partition coefficient (Wildman–Crippen LogP) is 6.12. The maximum absolute atomic E-state index is 13.5. The largest absolute Gasteiger partial charge is 0.497 e. The molecule has 0 saturated carbocycles. The van der Waals surface area contributed by atoms with E-state index in [1.807, 2.05) is 86.0 Å². The minimum atomic E-state index is -0.265. The number of fused-ring (bicyclic) bond motifs is 1. The number of thiazole rings is 1. The number of aromatic nitrogens is 3. The number of ether oxygens (including phenoxy) is 2. The number of benzene rings is 3. The molecule has 0 aliphatic carbocycles. The zero-order chi connectivity index (χ0) is 24.4. The molecule has 1 N–H and O–H groups in total. The summed E-state index contributed by atoms with van der Waals surface area (Å²) in [5.41, 5.74) is 3.06. The highest BCUT2D eigenvalue weighted by Crippen LogP contribution is 2.31. The summed E-state index contributed by atoms with van der Waals surface area (Å²) in [5.74, 6) is 1.61. The van der Waals surface area contributed by atoms with E-state index in [1.165, 1.54) is 11.3 Å². The molecule has 7 nitrogen and oxygen atoms in total. The Hall–Kier alpha value is -4.17. The molecule has 5 aromatic rings.